The molecular formula is C13H15NO2S. The Morgan fingerprint density at radius 2 is 2.00 bits per heavy atom. The minimum atomic E-state index is -0.490. The predicted octanol–water partition coefficient (Wildman–Crippen LogP) is 3.50. The standard InChI is InChI=1S/C13H15NO2S/c1-8-10(3)16-13(14-8)17-12-7-5-4-6-11(12)9(2)15/h4-7,9,15H,1-3H3/t9-/m1/s1. The molecule has 0 unspecified atom stereocenters. The first kappa shape index (κ1) is 12.2. The molecule has 1 aromatic carbocycles. The minimum absolute atomic E-state index is 0.490. The van der Waals surface area contributed by atoms with Gasteiger partial charge in [0, 0.05) is 4.90 Å². The highest BCUT2D eigenvalue weighted by molar-refractivity contribution is 7.99. The zero-order valence-electron chi connectivity index (χ0n) is 10.1. The number of benzene rings is 1. The summed E-state index contributed by atoms with van der Waals surface area (Å²) in [5, 5.41) is 10.3. The van der Waals surface area contributed by atoms with Gasteiger partial charge in [-0.1, -0.05) is 18.2 Å². The third-order valence-electron chi connectivity index (χ3n) is 2.58. The molecule has 0 fully saturated rings. The second-order valence-corrected chi connectivity index (χ2v) is 4.93. The Morgan fingerprint density at radius 1 is 1.29 bits per heavy atom. The molecule has 0 aliphatic rings. The van der Waals surface area contributed by atoms with Crippen LogP contribution in [0.25, 0.3) is 0 Å². The van der Waals surface area contributed by atoms with Crippen LogP contribution in [0.2, 0.25) is 0 Å². The molecule has 2 rings (SSSR count). The van der Waals surface area contributed by atoms with Crippen molar-refractivity contribution < 1.29 is 9.52 Å². The van der Waals surface area contributed by atoms with Gasteiger partial charge < -0.3 is 9.52 Å². The summed E-state index contributed by atoms with van der Waals surface area (Å²) >= 11 is 1.44. The van der Waals surface area contributed by atoms with Gasteiger partial charge in [0.1, 0.15) is 5.76 Å². The maximum absolute atomic E-state index is 9.68. The summed E-state index contributed by atoms with van der Waals surface area (Å²) < 4.78 is 5.52. The Bertz CT molecular complexity index is 500. The highest BCUT2D eigenvalue weighted by Gasteiger charge is 2.12. The number of aryl methyl sites for hydroxylation is 2. The fraction of sp³-hybridized carbons (Fsp3) is 0.308. The molecule has 1 N–H and O–H groups in total. The topological polar surface area (TPSA) is 46.3 Å². The lowest BCUT2D eigenvalue weighted by Gasteiger charge is -2.09. The van der Waals surface area contributed by atoms with Gasteiger partial charge in [-0.25, -0.2) is 4.98 Å². The van der Waals surface area contributed by atoms with Crippen LogP contribution in [0.15, 0.2) is 38.8 Å². The molecule has 0 bridgehead atoms. The SMILES string of the molecule is Cc1nc(Sc2ccccc2[C@@H](C)O)oc1C. The van der Waals surface area contributed by atoms with Crippen LogP contribution < -0.4 is 0 Å². The highest BCUT2D eigenvalue weighted by atomic mass is 32.2. The van der Waals surface area contributed by atoms with E-state index in [1.807, 2.05) is 38.1 Å². The predicted molar refractivity (Wildman–Crippen MR) is 67.2 cm³/mol. The fourth-order valence-corrected chi connectivity index (χ4v) is 2.54. The van der Waals surface area contributed by atoms with Crippen LogP contribution in [0.4, 0.5) is 0 Å². The Balaban J connectivity index is 2.29. The van der Waals surface area contributed by atoms with Crippen molar-refractivity contribution in [1.29, 1.82) is 0 Å². The molecule has 3 nitrogen and oxygen atoms in total. The van der Waals surface area contributed by atoms with Crippen LogP contribution in [0.3, 0.4) is 0 Å². The van der Waals surface area contributed by atoms with Crippen molar-refractivity contribution in [1.82, 2.24) is 4.98 Å². The molecular weight excluding hydrogens is 234 g/mol. The van der Waals surface area contributed by atoms with Gasteiger partial charge in [0.15, 0.2) is 0 Å². The number of aliphatic hydroxyl groups is 1. The van der Waals surface area contributed by atoms with Gasteiger partial charge in [-0.15, -0.1) is 0 Å². The molecule has 1 heterocycles. The Kier molecular flexibility index (Phi) is 3.54. The molecule has 0 saturated carbocycles. The van der Waals surface area contributed by atoms with Crippen molar-refractivity contribution in [3.8, 4) is 0 Å². The Hall–Kier alpha value is -1.26. The molecule has 0 amide bonds. The van der Waals surface area contributed by atoms with Crippen LogP contribution in [0.1, 0.15) is 30.0 Å². The zero-order valence-corrected chi connectivity index (χ0v) is 10.9. The van der Waals surface area contributed by atoms with Gasteiger partial charge in [-0.2, -0.15) is 0 Å². The van der Waals surface area contributed by atoms with E-state index in [0.717, 1.165) is 21.9 Å². The van der Waals surface area contributed by atoms with Crippen LogP contribution in [-0.2, 0) is 0 Å². The Morgan fingerprint density at radius 3 is 2.59 bits per heavy atom. The lowest BCUT2D eigenvalue weighted by molar-refractivity contribution is 0.196. The molecule has 0 saturated heterocycles. The summed E-state index contributed by atoms with van der Waals surface area (Å²) in [6.07, 6.45) is -0.490. The first-order valence-electron chi connectivity index (χ1n) is 5.47. The van der Waals surface area contributed by atoms with E-state index in [1.54, 1.807) is 6.92 Å². The molecule has 17 heavy (non-hydrogen) atoms. The van der Waals surface area contributed by atoms with Gasteiger partial charge in [0.2, 0.25) is 0 Å². The molecule has 1 atom stereocenters. The average Bonchev–Trinajstić information content (AvgIpc) is 2.58. The molecule has 90 valence electrons. The summed E-state index contributed by atoms with van der Waals surface area (Å²) in [4.78, 5) is 5.30. The average molecular weight is 249 g/mol. The molecule has 2 aromatic rings. The van der Waals surface area contributed by atoms with Crippen molar-refractivity contribution in [2.24, 2.45) is 0 Å². The summed E-state index contributed by atoms with van der Waals surface area (Å²) in [5.74, 6) is 0.835. The molecule has 4 heteroatoms. The first-order valence-corrected chi connectivity index (χ1v) is 6.28. The van der Waals surface area contributed by atoms with Gasteiger partial charge in [0.05, 0.1) is 11.8 Å². The third-order valence-corrected chi connectivity index (χ3v) is 3.52. The maximum atomic E-state index is 9.68. The monoisotopic (exact) mass is 249 g/mol. The van der Waals surface area contributed by atoms with Crippen molar-refractivity contribution in [3.05, 3.63) is 41.3 Å². The largest absolute Gasteiger partial charge is 0.436 e. The van der Waals surface area contributed by atoms with Gasteiger partial charge in [-0.3, -0.25) is 0 Å². The maximum Gasteiger partial charge on any atom is 0.261 e. The summed E-state index contributed by atoms with van der Waals surface area (Å²) in [7, 11) is 0. The molecule has 0 spiro atoms. The van der Waals surface area contributed by atoms with Crippen molar-refractivity contribution in [2.75, 3.05) is 0 Å². The molecule has 0 radical (unpaired) electrons. The van der Waals surface area contributed by atoms with Crippen molar-refractivity contribution >= 4 is 11.8 Å². The van der Waals surface area contributed by atoms with Crippen molar-refractivity contribution in [3.63, 3.8) is 0 Å². The summed E-state index contributed by atoms with van der Waals surface area (Å²) in [6, 6.07) is 7.73. The van der Waals surface area contributed by atoms with Crippen LogP contribution in [0, 0.1) is 13.8 Å². The first-order chi connectivity index (χ1) is 8.08. The summed E-state index contributed by atoms with van der Waals surface area (Å²) in [6.45, 7) is 5.57. The smallest absolute Gasteiger partial charge is 0.261 e. The van der Waals surface area contributed by atoms with Gasteiger partial charge in [0.25, 0.3) is 5.22 Å². The fourth-order valence-electron chi connectivity index (χ4n) is 1.50. The number of rotatable bonds is 3. The highest BCUT2D eigenvalue weighted by Crippen LogP contribution is 2.33. The van der Waals surface area contributed by atoms with Crippen LogP contribution >= 0.6 is 11.8 Å². The number of hydrogen-bond acceptors (Lipinski definition) is 4. The van der Waals surface area contributed by atoms with E-state index in [2.05, 4.69) is 4.98 Å². The van der Waals surface area contributed by atoms with E-state index in [9.17, 15) is 5.11 Å². The van der Waals surface area contributed by atoms with Gasteiger partial charge >= 0.3 is 0 Å². The van der Waals surface area contributed by atoms with E-state index in [-0.39, 0.29) is 0 Å². The van der Waals surface area contributed by atoms with E-state index in [1.165, 1.54) is 11.8 Å². The lowest BCUT2D eigenvalue weighted by Crippen LogP contribution is -1.93. The van der Waals surface area contributed by atoms with Crippen LogP contribution in [0.5, 0.6) is 0 Å². The second kappa shape index (κ2) is 4.94. The van der Waals surface area contributed by atoms with Gasteiger partial charge in [-0.05, 0) is 44.2 Å². The molecule has 0 aliphatic carbocycles. The number of nitrogens with zero attached hydrogens (tertiary/aromatic N) is 1. The van der Waals surface area contributed by atoms with E-state index < -0.39 is 6.10 Å². The number of aromatic nitrogens is 1. The van der Waals surface area contributed by atoms with E-state index in [4.69, 9.17) is 4.42 Å². The number of hydrogen-bond donors (Lipinski definition) is 1. The quantitative estimate of drug-likeness (QED) is 0.904. The molecule has 1 aromatic heterocycles. The molecule has 0 aliphatic heterocycles. The Labute approximate surface area is 105 Å². The third kappa shape index (κ3) is 2.70. The zero-order chi connectivity index (χ0) is 12.4. The minimum Gasteiger partial charge on any atom is -0.436 e. The van der Waals surface area contributed by atoms with Crippen LogP contribution in [-0.4, -0.2) is 10.1 Å². The summed E-state index contributed by atoms with van der Waals surface area (Å²) in [5.41, 5.74) is 1.80. The van der Waals surface area contributed by atoms with E-state index >= 15 is 0 Å². The second-order valence-electron chi connectivity index (χ2n) is 3.94. The lowest BCUT2D eigenvalue weighted by atomic mass is 10.1. The number of aliphatic hydroxyl groups excluding tert-OH is 1. The van der Waals surface area contributed by atoms with E-state index in [0.29, 0.717) is 5.22 Å². The number of oxazole rings is 1. The normalized spacial score (nSPS) is 12.7. The van der Waals surface area contributed by atoms with Crippen molar-refractivity contribution in [2.45, 2.75) is 37.0 Å².